The Morgan fingerprint density at radius 2 is 1.92 bits per heavy atom. The van der Waals surface area contributed by atoms with Gasteiger partial charge >= 0.3 is 6.03 Å². The summed E-state index contributed by atoms with van der Waals surface area (Å²) in [6.45, 7) is 6.20. The van der Waals surface area contributed by atoms with Crippen molar-refractivity contribution in [2.45, 2.75) is 77.5 Å². The monoisotopic (exact) mass is 517 g/mol. The number of Topliss-reactive ketones (excluding diaryl/α,β-unsaturated/α-hetero) is 1. The Balaban J connectivity index is 1.51. The predicted octanol–water partition coefficient (Wildman–Crippen LogP) is 4.40. The quantitative estimate of drug-likeness (QED) is 0.325. The highest BCUT2D eigenvalue weighted by atomic mass is 16.3. The number of aliphatic hydroxyl groups is 1. The van der Waals surface area contributed by atoms with Crippen LogP contribution in [-0.4, -0.2) is 49.3 Å². The maximum atomic E-state index is 12.3. The molecule has 2 aliphatic rings. The molecule has 5 rings (SSSR count). The standard InChI is InChI=1S/C28H35N7O3/c1-4-5-14-29-27-30-15-22-24(34-35(26(22)33-27)20-10-12-21(37)13-11-20)18-6-8-19(9-7-18)25-23(17(3)36)16(2)31-28(38)32-25/h6-9,15,20-21,25,37H,4-5,10-14H2,1-3H3,(H,29,30,33)(H2,31,32,38)/t20-,21-,25?. The number of rotatable bonds is 8. The first-order chi connectivity index (χ1) is 18.4. The lowest BCUT2D eigenvalue weighted by atomic mass is 9.92. The summed E-state index contributed by atoms with van der Waals surface area (Å²) in [5.41, 5.74) is 4.39. The summed E-state index contributed by atoms with van der Waals surface area (Å²) in [6, 6.07) is 7.07. The topological polar surface area (TPSA) is 134 Å². The van der Waals surface area contributed by atoms with Crippen LogP contribution in [-0.2, 0) is 4.79 Å². The fourth-order valence-electron chi connectivity index (χ4n) is 5.40. The summed E-state index contributed by atoms with van der Waals surface area (Å²) in [5.74, 6) is 0.498. The lowest BCUT2D eigenvalue weighted by Gasteiger charge is -2.28. The molecule has 1 fully saturated rings. The third-order valence-electron chi connectivity index (χ3n) is 7.44. The number of urea groups is 1. The van der Waals surface area contributed by atoms with Crippen LogP contribution in [0.3, 0.4) is 0 Å². The Kier molecular flexibility index (Phi) is 7.42. The molecule has 1 aliphatic heterocycles. The molecule has 2 amide bonds. The molecule has 10 heteroatoms. The van der Waals surface area contributed by atoms with Crippen LogP contribution in [0.4, 0.5) is 10.7 Å². The van der Waals surface area contributed by atoms with E-state index in [0.29, 0.717) is 17.2 Å². The van der Waals surface area contributed by atoms with Gasteiger partial charge in [-0.2, -0.15) is 10.1 Å². The van der Waals surface area contributed by atoms with Gasteiger partial charge in [-0.15, -0.1) is 0 Å². The molecule has 3 aromatic rings. The minimum atomic E-state index is -0.515. The number of ketones is 1. The SMILES string of the molecule is CCCCNc1ncc2c(-c3ccc(C4NC(=O)NC(C)=C4C(C)=O)cc3)nn([C@H]3CC[C@H](O)CC3)c2n1. The first-order valence-corrected chi connectivity index (χ1v) is 13.4. The van der Waals surface area contributed by atoms with Crippen molar-refractivity contribution in [2.24, 2.45) is 0 Å². The van der Waals surface area contributed by atoms with Gasteiger partial charge in [0.2, 0.25) is 5.95 Å². The van der Waals surface area contributed by atoms with Gasteiger partial charge in [-0.25, -0.2) is 14.5 Å². The van der Waals surface area contributed by atoms with Crippen LogP contribution in [0.2, 0.25) is 0 Å². The third-order valence-corrected chi connectivity index (χ3v) is 7.44. The molecule has 0 bridgehead atoms. The zero-order chi connectivity index (χ0) is 26.8. The molecule has 0 radical (unpaired) electrons. The fraction of sp³-hybridized carbons (Fsp3) is 0.464. The Morgan fingerprint density at radius 1 is 1.18 bits per heavy atom. The zero-order valence-electron chi connectivity index (χ0n) is 22.1. The van der Waals surface area contributed by atoms with Gasteiger partial charge in [-0.05, 0) is 51.5 Å². The number of carbonyl (C=O) groups is 2. The average molecular weight is 518 g/mol. The number of unbranched alkanes of at least 4 members (excludes halogenated alkanes) is 1. The molecule has 2 aromatic heterocycles. The fourth-order valence-corrected chi connectivity index (χ4v) is 5.40. The van der Waals surface area contributed by atoms with Gasteiger partial charge in [0.15, 0.2) is 11.4 Å². The van der Waals surface area contributed by atoms with E-state index in [4.69, 9.17) is 10.1 Å². The van der Waals surface area contributed by atoms with Crippen LogP contribution in [0, 0.1) is 0 Å². The van der Waals surface area contributed by atoms with Crippen molar-refractivity contribution >= 4 is 28.8 Å². The lowest BCUT2D eigenvalue weighted by molar-refractivity contribution is -0.114. The predicted molar refractivity (Wildman–Crippen MR) is 145 cm³/mol. The summed E-state index contributed by atoms with van der Waals surface area (Å²) < 4.78 is 2.00. The van der Waals surface area contributed by atoms with E-state index < -0.39 is 6.04 Å². The van der Waals surface area contributed by atoms with Crippen LogP contribution < -0.4 is 16.0 Å². The molecule has 0 saturated heterocycles. The molecule has 3 heterocycles. The Morgan fingerprint density at radius 3 is 2.61 bits per heavy atom. The highest BCUT2D eigenvalue weighted by Crippen LogP contribution is 2.35. The zero-order valence-corrected chi connectivity index (χ0v) is 22.1. The Labute approximate surface area is 221 Å². The van der Waals surface area contributed by atoms with Crippen LogP contribution in [0.15, 0.2) is 41.7 Å². The van der Waals surface area contributed by atoms with Crippen LogP contribution in [0.25, 0.3) is 22.3 Å². The van der Waals surface area contributed by atoms with Gasteiger partial charge in [-0.3, -0.25) is 4.79 Å². The van der Waals surface area contributed by atoms with E-state index in [0.717, 1.165) is 72.9 Å². The highest BCUT2D eigenvalue weighted by molar-refractivity contribution is 5.98. The number of benzene rings is 1. The minimum Gasteiger partial charge on any atom is -0.393 e. The van der Waals surface area contributed by atoms with Crippen molar-refractivity contribution in [2.75, 3.05) is 11.9 Å². The van der Waals surface area contributed by atoms with Crippen LogP contribution in [0.5, 0.6) is 0 Å². The molecule has 4 N–H and O–H groups in total. The smallest absolute Gasteiger partial charge is 0.319 e. The van der Waals surface area contributed by atoms with Crippen molar-refractivity contribution in [1.29, 1.82) is 0 Å². The molecular weight excluding hydrogens is 482 g/mol. The van der Waals surface area contributed by atoms with Crippen LogP contribution >= 0.6 is 0 Å². The molecule has 1 aromatic carbocycles. The second-order valence-electron chi connectivity index (χ2n) is 10.2. The molecule has 200 valence electrons. The van der Waals surface area contributed by atoms with Gasteiger partial charge < -0.3 is 21.1 Å². The molecule has 1 atom stereocenters. The Hall–Kier alpha value is -3.79. The summed E-state index contributed by atoms with van der Waals surface area (Å²) in [7, 11) is 0. The number of fused-ring (bicyclic) bond motifs is 1. The van der Waals surface area contributed by atoms with Crippen molar-refractivity contribution in [3.63, 3.8) is 0 Å². The van der Waals surface area contributed by atoms with E-state index in [-0.39, 0.29) is 24.0 Å². The molecule has 1 saturated carbocycles. The number of nitrogens with one attached hydrogen (secondary N) is 3. The molecule has 1 unspecified atom stereocenters. The summed E-state index contributed by atoms with van der Waals surface area (Å²) >= 11 is 0. The van der Waals surface area contributed by atoms with E-state index >= 15 is 0 Å². The number of allylic oxidation sites excluding steroid dienone is 1. The normalized spacial score (nSPS) is 21.8. The number of hydrogen-bond acceptors (Lipinski definition) is 7. The minimum absolute atomic E-state index is 0.0908. The number of amides is 2. The average Bonchev–Trinajstić information content (AvgIpc) is 3.27. The maximum Gasteiger partial charge on any atom is 0.319 e. The summed E-state index contributed by atoms with van der Waals surface area (Å²) in [6.07, 6.45) is 6.87. The van der Waals surface area contributed by atoms with Gasteiger partial charge in [-0.1, -0.05) is 37.6 Å². The molecule has 0 spiro atoms. The first-order valence-electron chi connectivity index (χ1n) is 13.4. The van der Waals surface area contributed by atoms with Gasteiger partial charge in [0.25, 0.3) is 0 Å². The third kappa shape index (κ3) is 5.13. The molecular formula is C28H35N7O3. The number of nitrogens with zero attached hydrogens (tertiary/aromatic N) is 4. The first kappa shape index (κ1) is 25.8. The van der Waals surface area contributed by atoms with Crippen LogP contribution in [0.1, 0.15) is 76.9 Å². The number of aliphatic hydroxyl groups excluding tert-OH is 1. The van der Waals surface area contributed by atoms with Crippen molar-refractivity contribution in [3.8, 4) is 11.3 Å². The maximum absolute atomic E-state index is 12.3. The molecule has 38 heavy (non-hydrogen) atoms. The van der Waals surface area contributed by atoms with Gasteiger partial charge in [0.1, 0.15) is 5.69 Å². The van der Waals surface area contributed by atoms with E-state index in [1.165, 1.54) is 6.92 Å². The van der Waals surface area contributed by atoms with Crippen molar-refractivity contribution in [3.05, 3.63) is 47.3 Å². The number of carbonyl (C=O) groups excluding carboxylic acids is 2. The van der Waals surface area contributed by atoms with E-state index in [1.54, 1.807) is 6.92 Å². The largest absolute Gasteiger partial charge is 0.393 e. The second-order valence-corrected chi connectivity index (χ2v) is 10.2. The van der Waals surface area contributed by atoms with E-state index in [1.807, 2.05) is 35.1 Å². The lowest BCUT2D eigenvalue weighted by Crippen LogP contribution is -2.44. The van der Waals surface area contributed by atoms with Gasteiger partial charge in [0.05, 0.1) is 23.6 Å². The number of aromatic nitrogens is 4. The van der Waals surface area contributed by atoms with Crippen molar-refractivity contribution in [1.82, 2.24) is 30.4 Å². The summed E-state index contributed by atoms with van der Waals surface area (Å²) in [4.78, 5) is 33.9. The summed E-state index contributed by atoms with van der Waals surface area (Å²) in [5, 5.41) is 24.8. The van der Waals surface area contributed by atoms with E-state index in [9.17, 15) is 14.7 Å². The molecule has 10 nitrogen and oxygen atoms in total. The highest BCUT2D eigenvalue weighted by Gasteiger charge is 2.30. The van der Waals surface area contributed by atoms with Gasteiger partial charge in [0, 0.05) is 29.6 Å². The van der Waals surface area contributed by atoms with Crippen molar-refractivity contribution < 1.29 is 14.7 Å². The number of hydrogen-bond donors (Lipinski definition) is 4. The number of anilines is 1. The molecule has 1 aliphatic carbocycles. The second kappa shape index (κ2) is 10.9. The Bertz CT molecular complexity index is 1370. The van der Waals surface area contributed by atoms with E-state index in [2.05, 4.69) is 27.9 Å².